The molecule has 1 unspecified atom stereocenters. The van der Waals surface area contributed by atoms with Crippen LogP contribution in [0.5, 0.6) is 0 Å². The van der Waals surface area contributed by atoms with Gasteiger partial charge in [-0.05, 0) is 56.9 Å². The lowest BCUT2D eigenvalue weighted by Gasteiger charge is -2.10. The van der Waals surface area contributed by atoms with Crippen molar-refractivity contribution < 1.29 is 14.7 Å². The molecule has 0 aromatic heterocycles. The highest BCUT2D eigenvalue weighted by molar-refractivity contribution is 6.20. The van der Waals surface area contributed by atoms with Gasteiger partial charge in [-0.1, -0.05) is 70.0 Å². The van der Waals surface area contributed by atoms with Crippen molar-refractivity contribution in [1.29, 1.82) is 0 Å². The first-order valence-electron chi connectivity index (χ1n) is 11.6. The number of carboxylic acid groups (broad SMARTS) is 1. The van der Waals surface area contributed by atoms with E-state index in [2.05, 4.69) is 19.1 Å². The number of halogens is 1. The number of carbonyl (C=O) groups excluding carboxylic acids is 1. The Morgan fingerprint density at radius 2 is 1.73 bits per heavy atom. The lowest BCUT2D eigenvalue weighted by Crippen LogP contribution is -2.00. The fourth-order valence-electron chi connectivity index (χ4n) is 3.39. The fraction of sp³-hybridized carbons (Fsp3) is 0.615. The predicted octanol–water partition coefficient (Wildman–Crippen LogP) is 8.17. The van der Waals surface area contributed by atoms with Crippen molar-refractivity contribution in [3.63, 3.8) is 0 Å². The zero-order chi connectivity index (χ0) is 22.8. The summed E-state index contributed by atoms with van der Waals surface area (Å²) >= 11 is 6.16. The minimum Gasteiger partial charge on any atom is -0.481 e. The minimum atomic E-state index is -0.709. The summed E-state index contributed by atoms with van der Waals surface area (Å²) in [7, 11) is 0. The Bertz CT molecular complexity index is 607. The smallest absolute Gasteiger partial charge is 0.303 e. The lowest BCUT2D eigenvalue weighted by molar-refractivity contribution is -0.137. The molecule has 1 fully saturated rings. The number of ketones is 1. The summed E-state index contributed by atoms with van der Waals surface area (Å²) in [6, 6.07) is 8.22. The topological polar surface area (TPSA) is 54.4 Å². The van der Waals surface area contributed by atoms with Crippen LogP contribution in [-0.4, -0.2) is 22.2 Å². The van der Waals surface area contributed by atoms with Crippen molar-refractivity contribution in [2.75, 3.05) is 0 Å². The first-order valence-corrected chi connectivity index (χ1v) is 12.0. The summed E-state index contributed by atoms with van der Waals surface area (Å²) in [4.78, 5) is 21.9. The molecule has 170 valence electrons. The van der Waals surface area contributed by atoms with Gasteiger partial charge in [-0.3, -0.25) is 9.59 Å². The molecule has 2 atom stereocenters. The molecule has 1 N–H and O–H groups in total. The number of carboxylic acids is 1. The van der Waals surface area contributed by atoms with Crippen LogP contribution >= 0.6 is 11.6 Å². The molecule has 0 aliphatic heterocycles. The van der Waals surface area contributed by atoms with E-state index in [1.165, 1.54) is 12.0 Å². The third kappa shape index (κ3) is 12.8. The molecule has 1 aliphatic carbocycles. The van der Waals surface area contributed by atoms with Crippen molar-refractivity contribution in [2.24, 2.45) is 0 Å². The molecular formula is C26H41ClO3. The van der Waals surface area contributed by atoms with Crippen LogP contribution in [0.25, 0.3) is 0 Å². The molecule has 0 bridgehead atoms. The zero-order valence-corrected chi connectivity index (χ0v) is 20.1. The third-order valence-electron chi connectivity index (χ3n) is 5.08. The Morgan fingerprint density at radius 1 is 1.07 bits per heavy atom. The van der Waals surface area contributed by atoms with E-state index in [1.807, 2.05) is 45.1 Å². The number of rotatable bonds is 10. The number of alkyl halides is 1. The first-order chi connectivity index (χ1) is 14.5. The number of allylic oxidation sites excluding steroid dienone is 2. The second-order valence-corrected chi connectivity index (χ2v) is 8.08. The van der Waals surface area contributed by atoms with Crippen LogP contribution in [0.1, 0.15) is 114 Å². The number of Topliss-reactive ketones (excluding diaryl/α,β-unsaturated/α-hetero) is 1. The normalized spacial score (nSPS) is 17.6. The highest BCUT2D eigenvalue weighted by Crippen LogP contribution is 2.37. The lowest BCUT2D eigenvalue weighted by atomic mass is 9.95. The van der Waals surface area contributed by atoms with Crippen molar-refractivity contribution in [2.45, 2.75) is 103 Å². The maximum Gasteiger partial charge on any atom is 0.303 e. The van der Waals surface area contributed by atoms with Gasteiger partial charge in [0.25, 0.3) is 0 Å². The maximum atomic E-state index is 12.0. The van der Waals surface area contributed by atoms with E-state index in [1.54, 1.807) is 0 Å². The summed E-state index contributed by atoms with van der Waals surface area (Å²) in [5.41, 5.74) is 2.20. The standard InChI is InChI=1S/C17H23ClO.C7H12O2.C2H6/c1-2-3-4-5-17(19)14-8-6-13(7-9-14)15-10-11-16(18)12-15;1-2-3-4-5-6-7(8)9;1-2/h6-9,15-16H,2-5,10-12H2,1H3;2-3H,4-6H2,1H3,(H,8,9);1-2H3/b;3-2-;/t15-,16?;;/m0../s1. The summed E-state index contributed by atoms with van der Waals surface area (Å²) in [6.07, 6.45) is 13.2. The molecule has 1 aromatic carbocycles. The Morgan fingerprint density at radius 3 is 2.23 bits per heavy atom. The van der Waals surface area contributed by atoms with E-state index < -0.39 is 5.97 Å². The molecule has 0 spiro atoms. The van der Waals surface area contributed by atoms with E-state index >= 15 is 0 Å². The van der Waals surface area contributed by atoms with Gasteiger partial charge >= 0.3 is 5.97 Å². The van der Waals surface area contributed by atoms with Gasteiger partial charge in [0.2, 0.25) is 0 Å². The molecule has 2 rings (SSSR count). The summed E-state index contributed by atoms with van der Waals surface area (Å²) < 4.78 is 0. The molecule has 1 aliphatic rings. The van der Waals surface area contributed by atoms with Crippen LogP contribution in [0.4, 0.5) is 0 Å². The number of benzene rings is 1. The van der Waals surface area contributed by atoms with Crippen LogP contribution in [0.15, 0.2) is 36.4 Å². The number of aliphatic carboxylic acids is 1. The van der Waals surface area contributed by atoms with Gasteiger partial charge in [0.1, 0.15) is 0 Å². The fourth-order valence-corrected chi connectivity index (χ4v) is 3.73. The Labute approximate surface area is 188 Å². The van der Waals surface area contributed by atoms with E-state index in [9.17, 15) is 9.59 Å². The van der Waals surface area contributed by atoms with E-state index in [-0.39, 0.29) is 12.2 Å². The SMILES string of the molecule is C/C=C\CCCC(=O)O.CC.CCCCCC(=O)c1ccc([C@H]2CCC(Cl)C2)cc1. The average Bonchev–Trinajstić information content (AvgIpc) is 3.19. The number of unbranched alkanes of at least 4 members (excludes halogenated alkanes) is 3. The first kappa shape index (κ1) is 28.4. The molecule has 0 saturated heterocycles. The zero-order valence-electron chi connectivity index (χ0n) is 19.3. The molecule has 4 heteroatoms. The molecule has 1 saturated carbocycles. The van der Waals surface area contributed by atoms with Crippen LogP contribution in [0, 0.1) is 0 Å². The largest absolute Gasteiger partial charge is 0.481 e. The van der Waals surface area contributed by atoms with Crippen LogP contribution < -0.4 is 0 Å². The van der Waals surface area contributed by atoms with Crippen molar-refractivity contribution >= 4 is 23.4 Å². The number of carbonyl (C=O) groups is 2. The van der Waals surface area contributed by atoms with Gasteiger partial charge in [0.05, 0.1) is 0 Å². The van der Waals surface area contributed by atoms with E-state index in [4.69, 9.17) is 16.7 Å². The summed E-state index contributed by atoms with van der Waals surface area (Å²) in [5.74, 6) is 0.160. The Balaban J connectivity index is 0.000000648. The van der Waals surface area contributed by atoms with Gasteiger partial charge in [0, 0.05) is 23.8 Å². The predicted molar refractivity (Wildman–Crippen MR) is 129 cm³/mol. The van der Waals surface area contributed by atoms with Crippen molar-refractivity contribution in [3.8, 4) is 0 Å². The molecule has 3 nitrogen and oxygen atoms in total. The quantitative estimate of drug-likeness (QED) is 0.174. The molecule has 0 amide bonds. The second-order valence-electron chi connectivity index (χ2n) is 7.46. The van der Waals surface area contributed by atoms with Crippen molar-refractivity contribution in [1.82, 2.24) is 0 Å². The second kappa shape index (κ2) is 18.2. The highest BCUT2D eigenvalue weighted by Gasteiger charge is 2.24. The van der Waals surface area contributed by atoms with Gasteiger partial charge in [-0.25, -0.2) is 0 Å². The van der Waals surface area contributed by atoms with E-state index in [0.717, 1.165) is 50.5 Å². The molecule has 30 heavy (non-hydrogen) atoms. The minimum absolute atomic E-state index is 0.279. The Hall–Kier alpha value is -1.61. The molecule has 0 radical (unpaired) electrons. The molecular weight excluding hydrogens is 396 g/mol. The Kier molecular flexibility index (Phi) is 17.2. The number of hydrogen-bond donors (Lipinski definition) is 1. The van der Waals surface area contributed by atoms with Gasteiger partial charge in [0.15, 0.2) is 5.78 Å². The van der Waals surface area contributed by atoms with Gasteiger partial charge < -0.3 is 5.11 Å². The van der Waals surface area contributed by atoms with Crippen molar-refractivity contribution in [3.05, 3.63) is 47.5 Å². The average molecular weight is 437 g/mol. The van der Waals surface area contributed by atoms with E-state index in [0.29, 0.717) is 17.7 Å². The summed E-state index contributed by atoms with van der Waals surface area (Å²) in [6.45, 7) is 8.09. The summed E-state index contributed by atoms with van der Waals surface area (Å²) in [5, 5.41) is 8.52. The maximum absolute atomic E-state index is 12.0. The van der Waals surface area contributed by atoms with Gasteiger partial charge in [-0.2, -0.15) is 0 Å². The molecule has 1 aromatic rings. The monoisotopic (exact) mass is 436 g/mol. The third-order valence-corrected chi connectivity index (χ3v) is 5.47. The van der Waals surface area contributed by atoms with Gasteiger partial charge in [-0.15, -0.1) is 11.6 Å². The van der Waals surface area contributed by atoms with Crippen LogP contribution in [0.2, 0.25) is 0 Å². The number of hydrogen-bond acceptors (Lipinski definition) is 2. The molecule has 0 heterocycles. The van der Waals surface area contributed by atoms with Crippen LogP contribution in [-0.2, 0) is 4.79 Å². The highest BCUT2D eigenvalue weighted by atomic mass is 35.5. The van der Waals surface area contributed by atoms with Crippen LogP contribution in [0.3, 0.4) is 0 Å².